The Morgan fingerprint density at radius 1 is 1.08 bits per heavy atom. The van der Waals surface area contributed by atoms with Crippen molar-refractivity contribution in [3.63, 3.8) is 0 Å². The van der Waals surface area contributed by atoms with E-state index in [9.17, 15) is 9.59 Å². The third-order valence-electron chi connectivity index (χ3n) is 3.99. The second-order valence-corrected chi connectivity index (χ2v) is 5.75. The van der Waals surface area contributed by atoms with Crippen molar-refractivity contribution in [1.29, 1.82) is 0 Å². The molecule has 7 nitrogen and oxygen atoms in total. The zero-order valence-corrected chi connectivity index (χ0v) is 14.4. The highest BCUT2D eigenvalue weighted by atomic mass is 16.5. The van der Waals surface area contributed by atoms with E-state index in [0.717, 1.165) is 22.2 Å². The Hall–Kier alpha value is -3.35. The van der Waals surface area contributed by atoms with Crippen molar-refractivity contribution in [1.82, 2.24) is 20.8 Å². The second-order valence-electron chi connectivity index (χ2n) is 5.75. The molecular weight excluding hydrogens is 332 g/mol. The molecule has 2 amide bonds. The molecule has 0 bridgehead atoms. The van der Waals surface area contributed by atoms with Gasteiger partial charge in [0, 0.05) is 11.9 Å². The fourth-order valence-electron chi connectivity index (χ4n) is 2.58. The minimum Gasteiger partial charge on any atom is -0.497 e. The summed E-state index contributed by atoms with van der Waals surface area (Å²) < 4.78 is 5.11. The van der Waals surface area contributed by atoms with Crippen molar-refractivity contribution in [3.05, 3.63) is 59.8 Å². The number of carbonyl (C=O) groups excluding carboxylic acids is 2. The van der Waals surface area contributed by atoms with Gasteiger partial charge in [0.15, 0.2) is 5.69 Å². The highest BCUT2D eigenvalue weighted by Crippen LogP contribution is 2.14. The van der Waals surface area contributed by atoms with Crippen LogP contribution in [0.3, 0.4) is 0 Å². The number of rotatable bonds is 7. The van der Waals surface area contributed by atoms with E-state index in [0.29, 0.717) is 13.0 Å². The topological polar surface area (TPSA) is 96.1 Å². The maximum absolute atomic E-state index is 12.2. The van der Waals surface area contributed by atoms with Gasteiger partial charge >= 0.3 is 0 Å². The number of nitrogens with zero attached hydrogens (tertiary/aromatic N) is 1. The lowest BCUT2D eigenvalue weighted by molar-refractivity contribution is -0.120. The summed E-state index contributed by atoms with van der Waals surface area (Å²) in [5.41, 5.74) is 2.16. The molecule has 0 saturated carbocycles. The van der Waals surface area contributed by atoms with Crippen LogP contribution >= 0.6 is 0 Å². The van der Waals surface area contributed by atoms with Gasteiger partial charge in [0.25, 0.3) is 5.91 Å². The van der Waals surface area contributed by atoms with Crippen LogP contribution in [-0.2, 0) is 11.2 Å². The number of methoxy groups -OCH3 is 1. The molecule has 3 aromatic rings. The summed E-state index contributed by atoms with van der Waals surface area (Å²) in [6, 6.07) is 15.0. The van der Waals surface area contributed by atoms with E-state index in [1.165, 1.54) is 0 Å². The molecule has 134 valence electrons. The van der Waals surface area contributed by atoms with Crippen LogP contribution < -0.4 is 15.4 Å². The minimum atomic E-state index is -0.382. The van der Waals surface area contributed by atoms with Crippen molar-refractivity contribution in [2.45, 2.75) is 6.42 Å². The molecular formula is C19H20N4O3. The second kappa shape index (κ2) is 8.15. The van der Waals surface area contributed by atoms with E-state index >= 15 is 0 Å². The first-order chi connectivity index (χ1) is 12.7. The number of fused-ring (bicyclic) bond motifs is 1. The first-order valence-electron chi connectivity index (χ1n) is 8.28. The molecule has 0 atom stereocenters. The number of benzene rings is 2. The summed E-state index contributed by atoms with van der Waals surface area (Å²) >= 11 is 0. The summed E-state index contributed by atoms with van der Waals surface area (Å²) in [4.78, 5) is 24.1. The Bertz CT molecular complexity index is 903. The van der Waals surface area contributed by atoms with E-state index in [2.05, 4.69) is 20.8 Å². The van der Waals surface area contributed by atoms with Crippen molar-refractivity contribution >= 4 is 22.7 Å². The number of aromatic nitrogens is 2. The standard InChI is InChI=1S/C19H20N4O3/c1-26-14-8-6-13(7-9-14)10-11-20-17(24)12-21-19(25)18-15-4-2-3-5-16(15)22-23-18/h2-9H,10-12H2,1H3,(H,20,24)(H,21,25)(H,22,23). The van der Waals surface area contributed by atoms with Gasteiger partial charge in [-0.15, -0.1) is 0 Å². The number of amides is 2. The van der Waals surface area contributed by atoms with Gasteiger partial charge in [0.05, 0.1) is 19.2 Å². The zero-order valence-electron chi connectivity index (χ0n) is 14.4. The number of ether oxygens (including phenoxy) is 1. The number of hydrogen-bond acceptors (Lipinski definition) is 4. The third kappa shape index (κ3) is 4.18. The molecule has 0 fully saturated rings. The number of nitrogens with one attached hydrogen (secondary N) is 3. The molecule has 3 N–H and O–H groups in total. The van der Waals surface area contributed by atoms with Crippen LogP contribution in [0.15, 0.2) is 48.5 Å². The van der Waals surface area contributed by atoms with E-state index < -0.39 is 0 Å². The molecule has 1 heterocycles. The van der Waals surface area contributed by atoms with Gasteiger partial charge in [-0.3, -0.25) is 14.7 Å². The third-order valence-corrected chi connectivity index (χ3v) is 3.99. The highest BCUT2D eigenvalue weighted by molar-refractivity contribution is 6.05. The van der Waals surface area contributed by atoms with E-state index in [-0.39, 0.29) is 24.1 Å². The fourth-order valence-corrected chi connectivity index (χ4v) is 2.58. The van der Waals surface area contributed by atoms with Crippen LogP contribution in [0.5, 0.6) is 5.75 Å². The molecule has 26 heavy (non-hydrogen) atoms. The molecule has 7 heteroatoms. The number of carbonyl (C=O) groups is 2. The van der Waals surface area contributed by atoms with Crippen LogP contribution in [0.4, 0.5) is 0 Å². The molecule has 0 saturated heterocycles. The molecule has 0 aliphatic heterocycles. The molecule has 1 aromatic heterocycles. The predicted octanol–water partition coefficient (Wildman–Crippen LogP) is 1.66. The minimum absolute atomic E-state index is 0.0946. The zero-order chi connectivity index (χ0) is 18.4. The first-order valence-corrected chi connectivity index (χ1v) is 8.28. The molecule has 0 aliphatic rings. The van der Waals surface area contributed by atoms with Gasteiger partial charge in [-0.2, -0.15) is 5.10 Å². The molecule has 0 aliphatic carbocycles. The number of para-hydroxylation sites is 1. The lowest BCUT2D eigenvalue weighted by Gasteiger charge is -2.07. The van der Waals surface area contributed by atoms with Gasteiger partial charge in [0.2, 0.25) is 5.91 Å². The van der Waals surface area contributed by atoms with Crippen LogP contribution in [0.2, 0.25) is 0 Å². The number of hydrogen-bond donors (Lipinski definition) is 3. The average molecular weight is 352 g/mol. The van der Waals surface area contributed by atoms with Crippen LogP contribution in [0.1, 0.15) is 16.1 Å². The Morgan fingerprint density at radius 3 is 2.62 bits per heavy atom. The highest BCUT2D eigenvalue weighted by Gasteiger charge is 2.14. The first kappa shape index (κ1) is 17.5. The normalized spacial score (nSPS) is 10.5. The largest absolute Gasteiger partial charge is 0.497 e. The summed E-state index contributed by atoms with van der Waals surface area (Å²) in [6.07, 6.45) is 0.702. The Kier molecular flexibility index (Phi) is 5.48. The number of aromatic amines is 1. The molecule has 0 unspecified atom stereocenters. The van der Waals surface area contributed by atoms with Crippen molar-refractivity contribution in [3.8, 4) is 5.75 Å². The molecule has 0 radical (unpaired) electrons. The maximum Gasteiger partial charge on any atom is 0.272 e. The van der Waals surface area contributed by atoms with E-state index in [1.807, 2.05) is 48.5 Å². The Labute approximate surface area is 150 Å². The fraction of sp³-hybridized carbons (Fsp3) is 0.211. The predicted molar refractivity (Wildman–Crippen MR) is 98.1 cm³/mol. The SMILES string of the molecule is COc1ccc(CCNC(=O)CNC(=O)c2n[nH]c3ccccc23)cc1. The lowest BCUT2D eigenvalue weighted by atomic mass is 10.1. The molecule has 0 spiro atoms. The van der Waals surface area contributed by atoms with Gasteiger partial charge in [-0.1, -0.05) is 30.3 Å². The summed E-state index contributed by atoms with van der Waals surface area (Å²) in [5, 5.41) is 12.9. The van der Waals surface area contributed by atoms with Gasteiger partial charge < -0.3 is 15.4 Å². The molecule has 3 rings (SSSR count). The Morgan fingerprint density at radius 2 is 1.85 bits per heavy atom. The van der Waals surface area contributed by atoms with Crippen LogP contribution in [0, 0.1) is 0 Å². The average Bonchev–Trinajstić information content (AvgIpc) is 3.11. The lowest BCUT2D eigenvalue weighted by Crippen LogP contribution is -2.37. The van der Waals surface area contributed by atoms with Gasteiger partial charge in [0.1, 0.15) is 5.75 Å². The van der Waals surface area contributed by atoms with E-state index in [1.54, 1.807) is 7.11 Å². The van der Waals surface area contributed by atoms with Gasteiger partial charge in [-0.25, -0.2) is 0 Å². The monoisotopic (exact) mass is 352 g/mol. The van der Waals surface area contributed by atoms with Crippen LogP contribution in [0.25, 0.3) is 10.9 Å². The van der Waals surface area contributed by atoms with E-state index in [4.69, 9.17) is 4.74 Å². The summed E-state index contributed by atoms with van der Waals surface area (Å²) in [7, 11) is 1.62. The van der Waals surface area contributed by atoms with Crippen molar-refractivity contribution < 1.29 is 14.3 Å². The summed E-state index contributed by atoms with van der Waals surface area (Å²) in [6.45, 7) is 0.398. The Balaban J connectivity index is 1.44. The smallest absolute Gasteiger partial charge is 0.272 e. The molecule has 2 aromatic carbocycles. The van der Waals surface area contributed by atoms with Crippen LogP contribution in [-0.4, -0.2) is 42.2 Å². The number of H-pyrrole nitrogens is 1. The summed E-state index contributed by atoms with van der Waals surface area (Å²) in [5.74, 6) is 0.172. The van der Waals surface area contributed by atoms with Crippen molar-refractivity contribution in [2.24, 2.45) is 0 Å². The quantitative estimate of drug-likeness (QED) is 0.602. The van der Waals surface area contributed by atoms with Gasteiger partial charge in [-0.05, 0) is 30.2 Å². The van der Waals surface area contributed by atoms with Crippen molar-refractivity contribution in [2.75, 3.05) is 20.2 Å². The maximum atomic E-state index is 12.2.